The molecule has 0 heterocycles. The molecule has 0 amide bonds. The van der Waals surface area contributed by atoms with E-state index in [4.69, 9.17) is 23.2 Å². The van der Waals surface area contributed by atoms with Crippen molar-refractivity contribution >= 4 is 23.2 Å². The van der Waals surface area contributed by atoms with E-state index in [2.05, 4.69) is 0 Å². The van der Waals surface area contributed by atoms with E-state index in [1.54, 1.807) is 0 Å². The zero-order valence-electron chi connectivity index (χ0n) is 11.2. The molecular weight excluding hydrogens is 279 g/mol. The SMILES string of the molecule is Cc1cc(Cl)c(C(O)c2cccc(C)c2Cl)cc1C. The molecule has 0 spiro atoms. The molecule has 2 aromatic carbocycles. The second-order valence-corrected chi connectivity index (χ2v) is 5.62. The Morgan fingerprint density at radius 1 is 0.895 bits per heavy atom. The zero-order chi connectivity index (χ0) is 14.2. The molecule has 0 aliphatic carbocycles. The first kappa shape index (κ1) is 14.4. The largest absolute Gasteiger partial charge is 0.384 e. The Kier molecular flexibility index (Phi) is 4.19. The van der Waals surface area contributed by atoms with E-state index in [0.29, 0.717) is 21.2 Å². The van der Waals surface area contributed by atoms with Crippen molar-refractivity contribution in [2.45, 2.75) is 26.9 Å². The molecule has 0 saturated carbocycles. The molecule has 1 N–H and O–H groups in total. The summed E-state index contributed by atoms with van der Waals surface area (Å²) in [5.74, 6) is 0. The van der Waals surface area contributed by atoms with Gasteiger partial charge in [-0.3, -0.25) is 0 Å². The van der Waals surface area contributed by atoms with Crippen molar-refractivity contribution in [1.29, 1.82) is 0 Å². The summed E-state index contributed by atoms with van der Waals surface area (Å²) in [7, 11) is 0. The summed E-state index contributed by atoms with van der Waals surface area (Å²) >= 11 is 12.5. The molecular formula is C16H16Cl2O. The van der Waals surface area contributed by atoms with Gasteiger partial charge in [-0.25, -0.2) is 0 Å². The first-order valence-electron chi connectivity index (χ1n) is 6.11. The number of hydrogen-bond donors (Lipinski definition) is 1. The normalized spacial score (nSPS) is 12.5. The summed E-state index contributed by atoms with van der Waals surface area (Å²) in [4.78, 5) is 0. The number of aliphatic hydroxyl groups is 1. The standard InChI is InChI=1S/C16H16Cl2O/c1-9-5-4-6-12(15(9)18)16(19)13-7-10(2)11(3)8-14(13)17/h4-8,16,19H,1-3H3. The van der Waals surface area contributed by atoms with Gasteiger partial charge in [0.2, 0.25) is 0 Å². The van der Waals surface area contributed by atoms with E-state index in [9.17, 15) is 5.11 Å². The molecule has 0 bridgehead atoms. The first-order valence-corrected chi connectivity index (χ1v) is 6.87. The van der Waals surface area contributed by atoms with Crippen LogP contribution in [0.5, 0.6) is 0 Å². The lowest BCUT2D eigenvalue weighted by molar-refractivity contribution is 0.220. The Morgan fingerprint density at radius 3 is 2.21 bits per heavy atom. The highest BCUT2D eigenvalue weighted by Crippen LogP contribution is 2.34. The van der Waals surface area contributed by atoms with Crippen molar-refractivity contribution in [3.8, 4) is 0 Å². The van der Waals surface area contributed by atoms with Gasteiger partial charge in [0.1, 0.15) is 6.10 Å². The van der Waals surface area contributed by atoms with E-state index < -0.39 is 6.10 Å². The minimum Gasteiger partial charge on any atom is -0.384 e. The fourth-order valence-corrected chi connectivity index (χ4v) is 2.61. The number of benzene rings is 2. The maximum absolute atomic E-state index is 10.5. The van der Waals surface area contributed by atoms with Crippen molar-refractivity contribution in [1.82, 2.24) is 0 Å². The van der Waals surface area contributed by atoms with Gasteiger partial charge in [0.05, 0.1) is 0 Å². The third-order valence-electron chi connectivity index (χ3n) is 3.42. The molecule has 1 nitrogen and oxygen atoms in total. The topological polar surface area (TPSA) is 20.2 Å². The van der Waals surface area contributed by atoms with E-state index in [1.165, 1.54) is 0 Å². The van der Waals surface area contributed by atoms with Crippen LogP contribution in [0.3, 0.4) is 0 Å². The summed E-state index contributed by atoms with van der Waals surface area (Å²) in [5, 5.41) is 11.7. The predicted octanol–water partition coefficient (Wildman–Crippen LogP) is 5.00. The minimum atomic E-state index is -0.806. The van der Waals surface area contributed by atoms with Crippen molar-refractivity contribution < 1.29 is 5.11 Å². The smallest absolute Gasteiger partial charge is 0.107 e. The average Bonchev–Trinajstić information content (AvgIpc) is 2.36. The Bertz CT molecular complexity index is 620. The Morgan fingerprint density at radius 2 is 1.53 bits per heavy atom. The summed E-state index contributed by atoms with van der Waals surface area (Å²) in [6, 6.07) is 9.42. The molecule has 0 aromatic heterocycles. The fraction of sp³-hybridized carbons (Fsp3) is 0.250. The van der Waals surface area contributed by atoms with Gasteiger partial charge in [-0.15, -0.1) is 0 Å². The second kappa shape index (κ2) is 5.54. The van der Waals surface area contributed by atoms with Gasteiger partial charge in [-0.2, -0.15) is 0 Å². The molecule has 0 saturated heterocycles. The summed E-state index contributed by atoms with van der Waals surface area (Å²) < 4.78 is 0. The maximum atomic E-state index is 10.5. The van der Waals surface area contributed by atoms with Crippen LogP contribution in [0.1, 0.15) is 33.9 Å². The molecule has 0 radical (unpaired) electrons. The second-order valence-electron chi connectivity index (χ2n) is 4.84. The molecule has 19 heavy (non-hydrogen) atoms. The lowest BCUT2D eigenvalue weighted by atomic mass is 9.97. The summed E-state index contributed by atoms with van der Waals surface area (Å²) in [5.41, 5.74) is 4.53. The highest BCUT2D eigenvalue weighted by molar-refractivity contribution is 6.32. The Labute approximate surface area is 123 Å². The van der Waals surface area contributed by atoms with Crippen LogP contribution in [0.15, 0.2) is 30.3 Å². The number of aliphatic hydroxyl groups excluding tert-OH is 1. The molecule has 1 unspecified atom stereocenters. The van der Waals surface area contributed by atoms with Crippen LogP contribution >= 0.6 is 23.2 Å². The number of halogens is 2. The average molecular weight is 295 g/mol. The van der Waals surface area contributed by atoms with Crippen molar-refractivity contribution in [3.05, 3.63) is 68.2 Å². The predicted molar refractivity (Wildman–Crippen MR) is 81.2 cm³/mol. The van der Waals surface area contributed by atoms with Crippen LogP contribution in [-0.4, -0.2) is 5.11 Å². The summed E-state index contributed by atoms with van der Waals surface area (Å²) in [6.45, 7) is 5.91. The van der Waals surface area contributed by atoms with Gasteiger partial charge >= 0.3 is 0 Å². The first-order chi connectivity index (χ1) is 8.91. The molecule has 3 heteroatoms. The van der Waals surface area contributed by atoms with Crippen molar-refractivity contribution in [2.24, 2.45) is 0 Å². The van der Waals surface area contributed by atoms with E-state index in [1.807, 2.05) is 51.1 Å². The van der Waals surface area contributed by atoms with Crippen molar-refractivity contribution in [2.75, 3.05) is 0 Å². The minimum absolute atomic E-state index is 0.563. The lowest BCUT2D eigenvalue weighted by Crippen LogP contribution is -2.03. The van der Waals surface area contributed by atoms with Gasteiger partial charge in [0.25, 0.3) is 0 Å². The molecule has 0 fully saturated rings. The molecule has 2 aromatic rings. The number of hydrogen-bond acceptors (Lipinski definition) is 1. The van der Waals surface area contributed by atoms with Crippen LogP contribution < -0.4 is 0 Å². The van der Waals surface area contributed by atoms with Crippen LogP contribution in [0.2, 0.25) is 10.0 Å². The zero-order valence-corrected chi connectivity index (χ0v) is 12.7. The number of aryl methyl sites for hydroxylation is 3. The van der Waals surface area contributed by atoms with Crippen molar-refractivity contribution in [3.63, 3.8) is 0 Å². The monoisotopic (exact) mass is 294 g/mol. The molecule has 0 aliphatic rings. The Hall–Kier alpha value is -1.02. The van der Waals surface area contributed by atoms with Crippen LogP contribution in [-0.2, 0) is 0 Å². The maximum Gasteiger partial charge on any atom is 0.107 e. The highest BCUT2D eigenvalue weighted by atomic mass is 35.5. The van der Waals surface area contributed by atoms with Gasteiger partial charge in [0.15, 0.2) is 0 Å². The molecule has 100 valence electrons. The van der Waals surface area contributed by atoms with E-state index in [-0.39, 0.29) is 0 Å². The van der Waals surface area contributed by atoms with Gasteiger partial charge in [-0.05, 0) is 43.5 Å². The Balaban J connectivity index is 2.53. The molecule has 2 rings (SSSR count). The third kappa shape index (κ3) is 2.79. The lowest BCUT2D eigenvalue weighted by Gasteiger charge is -2.17. The van der Waals surface area contributed by atoms with Crippen LogP contribution in [0.4, 0.5) is 0 Å². The molecule has 0 aliphatic heterocycles. The highest BCUT2D eigenvalue weighted by Gasteiger charge is 2.18. The van der Waals surface area contributed by atoms with E-state index >= 15 is 0 Å². The summed E-state index contributed by atoms with van der Waals surface area (Å²) in [6.07, 6.45) is -0.806. The van der Waals surface area contributed by atoms with E-state index in [0.717, 1.165) is 16.7 Å². The van der Waals surface area contributed by atoms with Crippen LogP contribution in [0.25, 0.3) is 0 Å². The van der Waals surface area contributed by atoms with Gasteiger partial charge < -0.3 is 5.11 Å². The quantitative estimate of drug-likeness (QED) is 0.826. The molecule has 1 atom stereocenters. The van der Waals surface area contributed by atoms with Gasteiger partial charge in [0, 0.05) is 21.2 Å². The fourth-order valence-electron chi connectivity index (χ4n) is 2.06. The van der Waals surface area contributed by atoms with Gasteiger partial charge in [-0.1, -0.05) is 47.5 Å². The van der Waals surface area contributed by atoms with Crippen LogP contribution in [0, 0.1) is 20.8 Å². The number of rotatable bonds is 2. The third-order valence-corrected chi connectivity index (χ3v) is 4.27.